The first-order chi connectivity index (χ1) is 16.5. The van der Waals surface area contributed by atoms with Gasteiger partial charge < -0.3 is 16.0 Å². The van der Waals surface area contributed by atoms with E-state index in [1.807, 2.05) is 10.8 Å². The van der Waals surface area contributed by atoms with Crippen molar-refractivity contribution in [2.75, 3.05) is 45.1 Å². The van der Waals surface area contributed by atoms with Crippen molar-refractivity contribution in [2.24, 2.45) is 5.73 Å². The van der Waals surface area contributed by atoms with Crippen LogP contribution in [0.3, 0.4) is 0 Å². The second-order valence-electron chi connectivity index (χ2n) is 10.1. The Hall–Kier alpha value is -2.55. The Morgan fingerprint density at radius 3 is 2.68 bits per heavy atom. The van der Waals surface area contributed by atoms with E-state index < -0.39 is 0 Å². The first-order valence-electron chi connectivity index (χ1n) is 12.8. The van der Waals surface area contributed by atoms with Gasteiger partial charge in [0.15, 0.2) is 0 Å². The number of fused-ring (bicyclic) bond motifs is 3. The average molecular weight is 464 g/mol. The fourth-order valence-electron chi connectivity index (χ4n) is 5.37. The summed E-state index contributed by atoms with van der Waals surface area (Å²) in [6.45, 7) is 8.12. The summed E-state index contributed by atoms with van der Waals surface area (Å²) in [6.07, 6.45) is 6.69. The third-order valence-corrected chi connectivity index (χ3v) is 7.45. The van der Waals surface area contributed by atoms with E-state index in [0.29, 0.717) is 5.95 Å². The molecule has 8 nitrogen and oxygen atoms in total. The Kier molecular flexibility index (Phi) is 6.81. The fraction of sp³-hybridized carbons (Fsp3) is 0.577. The Labute approximate surface area is 201 Å². The van der Waals surface area contributed by atoms with E-state index in [4.69, 9.17) is 10.7 Å². The fourth-order valence-corrected chi connectivity index (χ4v) is 5.37. The van der Waals surface area contributed by atoms with E-state index in [2.05, 4.69) is 52.3 Å². The molecule has 1 saturated heterocycles. The number of nitrogens with one attached hydrogen (secondary N) is 1. The van der Waals surface area contributed by atoms with Crippen LogP contribution in [0.1, 0.15) is 50.6 Å². The number of unbranched alkanes of at least 4 members (excludes halogenated alkanes) is 1. The summed E-state index contributed by atoms with van der Waals surface area (Å²) in [5.41, 5.74) is 8.19. The number of likely N-dealkylation sites (N-methyl/N-ethyl adjacent to an activating group) is 1. The molecule has 1 aromatic carbocycles. The lowest BCUT2D eigenvalue weighted by atomic mass is 10.0. The minimum atomic E-state index is 0.0417. The molecule has 1 saturated carbocycles. The smallest absolute Gasteiger partial charge is 0.260 e. The van der Waals surface area contributed by atoms with Crippen molar-refractivity contribution in [2.45, 2.75) is 57.7 Å². The summed E-state index contributed by atoms with van der Waals surface area (Å²) in [7, 11) is 2.17. The molecule has 1 aliphatic carbocycles. The van der Waals surface area contributed by atoms with Crippen molar-refractivity contribution >= 4 is 27.8 Å². The number of nitrogens with two attached hydrogens (primary N) is 1. The van der Waals surface area contributed by atoms with Gasteiger partial charge in [-0.15, -0.1) is 0 Å². The van der Waals surface area contributed by atoms with Crippen LogP contribution in [0.5, 0.6) is 0 Å². The maximum absolute atomic E-state index is 13.9. The maximum atomic E-state index is 13.9. The van der Waals surface area contributed by atoms with Gasteiger partial charge in [0, 0.05) is 68.3 Å². The van der Waals surface area contributed by atoms with E-state index in [-0.39, 0.29) is 17.6 Å². The number of piperazine rings is 1. The number of rotatable bonds is 7. The third kappa shape index (κ3) is 4.67. The lowest BCUT2D eigenvalue weighted by Crippen LogP contribution is -2.43. The molecule has 2 fully saturated rings. The van der Waals surface area contributed by atoms with Gasteiger partial charge >= 0.3 is 0 Å². The summed E-state index contributed by atoms with van der Waals surface area (Å²) < 4.78 is 1.91. The van der Waals surface area contributed by atoms with E-state index in [0.717, 1.165) is 93.2 Å². The van der Waals surface area contributed by atoms with Crippen LogP contribution in [0, 0.1) is 0 Å². The van der Waals surface area contributed by atoms with Crippen molar-refractivity contribution < 1.29 is 0 Å². The van der Waals surface area contributed by atoms with Gasteiger partial charge in [-0.2, -0.15) is 4.98 Å². The van der Waals surface area contributed by atoms with Crippen LogP contribution in [-0.2, 0) is 6.54 Å². The molecule has 0 amide bonds. The molecule has 0 spiro atoms. The van der Waals surface area contributed by atoms with Crippen molar-refractivity contribution in [3.63, 3.8) is 0 Å². The van der Waals surface area contributed by atoms with Crippen LogP contribution in [-0.4, -0.2) is 70.1 Å². The summed E-state index contributed by atoms with van der Waals surface area (Å²) in [5.74, 6) is 0.586. The minimum absolute atomic E-state index is 0.0417. The molecular weight excluding hydrogens is 426 g/mol. The van der Waals surface area contributed by atoms with Crippen LogP contribution >= 0.6 is 0 Å². The van der Waals surface area contributed by atoms with Gasteiger partial charge in [-0.05, 0) is 49.7 Å². The van der Waals surface area contributed by atoms with Gasteiger partial charge in [0.1, 0.15) is 5.65 Å². The van der Waals surface area contributed by atoms with Crippen molar-refractivity contribution in [3.05, 3.63) is 40.3 Å². The predicted molar refractivity (Wildman–Crippen MR) is 138 cm³/mol. The Balaban J connectivity index is 1.58. The average Bonchev–Trinajstić information content (AvgIpc) is 3.26. The highest BCUT2D eigenvalue weighted by Gasteiger charge is 2.27. The molecule has 34 heavy (non-hydrogen) atoms. The lowest BCUT2D eigenvalue weighted by molar-refractivity contribution is 0.148. The quantitative estimate of drug-likeness (QED) is 0.411. The summed E-state index contributed by atoms with van der Waals surface area (Å²) in [5, 5.41) is 5.94. The molecule has 5 rings (SSSR count). The molecule has 1 aliphatic heterocycles. The number of nitrogens with zero attached hydrogens (tertiary/aromatic N) is 5. The van der Waals surface area contributed by atoms with Gasteiger partial charge in [-0.3, -0.25) is 14.3 Å². The summed E-state index contributed by atoms with van der Waals surface area (Å²) in [6, 6.07) is 6.55. The highest BCUT2D eigenvalue weighted by molar-refractivity contribution is 6.04. The van der Waals surface area contributed by atoms with Crippen LogP contribution in [0.15, 0.2) is 29.2 Å². The molecule has 2 aliphatic rings. The molecule has 2 aromatic heterocycles. The number of anilines is 1. The van der Waals surface area contributed by atoms with E-state index in [1.54, 1.807) is 0 Å². The van der Waals surface area contributed by atoms with Crippen LogP contribution in [0.4, 0.5) is 5.95 Å². The van der Waals surface area contributed by atoms with Crippen molar-refractivity contribution in [3.8, 4) is 0 Å². The minimum Gasteiger partial charge on any atom is -0.354 e. The van der Waals surface area contributed by atoms with Crippen molar-refractivity contribution in [1.29, 1.82) is 0 Å². The number of hydrogen-bond acceptors (Lipinski definition) is 7. The zero-order valence-electron chi connectivity index (χ0n) is 20.5. The van der Waals surface area contributed by atoms with Crippen LogP contribution in [0.2, 0.25) is 0 Å². The molecular formula is C26H37N7O. The molecule has 0 unspecified atom stereocenters. The maximum Gasteiger partial charge on any atom is 0.260 e. The Morgan fingerprint density at radius 1 is 1.12 bits per heavy atom. The van der Waals surface area contributed by atoms with Gasteiger partial charge in [-0.25, -0.2) is 4.98 Å². The molecule has 182 valence electrons. The summed E-state index contributed by atoms with van der Waals surface area (Å²) in [4.78, 5) is 28.2. The second kappa shape index (κ2) is 9.98. The molecule has 0 radical (unpaired) electrons. The van der Waals surface area contributed by atoms with E-state index >= 15 is 0 Å². The number of aromatic nitrogens is 3. The monoisotopic (exact) mass is 463 g/mol. The van der Waals surface area contributed by atoms with Crippen LogP contribution < -0.4 is 16.6 Å². The molecule has 8 heteroatoms. The number of benzene rings is 1. The van der Waals surface area contributed by atoms with Gasteiger partial charge in [0.2, 0.25) is 5.95 Å². The van der Waals surface area contributed by atoms with Crippen LogP contribution in [0.25, 0.3) is 21.8 Å². The van der Waals surface area contributed by atoms with Gasteiger partial charge in [0.05, 0.1) is 0 Å². The van der Waals surface area contributed by atoms with Gasteiger partial charge in [-0.1, -0.05) is 25.5 Å². The number of pyridine rings is 1. The summed E-state index contributed by atoms with van der Waals surface area (Å²) >= 11 is 0. The molecule has 3 aromatic rings. The largest absolute Gasteiger partial charge is 0.354 e. The zero-order chi connectivity index (χ0) is 23.7. The predicted octanol–water partition coefficient (Wildman–Crippen LogP) is 2.96. The van der Waals surface area contributed by atoms with E-state index in [9.17, 15) is 4.79 Å². The van der Waals surface area contributed by atoms with Crippen molar-refractivity contribution in [1.82, 2.24) is 24.3 Å². The highest BCUT2D eigenvalue weighted by atomic mass is 16.1. The molecule has 3 heterocycles. The van der Waals surface area contributed by atoms with E-state index in [1.165, 1.54) is 5.56 Å². The lowest BCUT2D eigenvalue weighted by Gasteiger charge is -2.32. The van der Waals surface area contributed by atoms with Gasteiger partial charge in [0.25, 0.3) is 5.56 Å². The highest BCUT2D eigenvalue weighted by Crippen LogP contribution is 2.32. The third-order valence-electron chi connectivity index (χ3n) is 7.45. The molecule has 3 N–H and O–H groups in total. The normalized spacial score (nSPS) is 22.1. The SMILES string of the molecule is CCCCNc1ncc2c3ccc(CN4CCN(C)CC4)cc3c(=O)n([C@H]3CC[C@H](N)C3)c2n1. The Morgan fingerprint density at radius 2 is 1.94 bits per heavy atom. The first-order valence-corrected chi connectivity index (χ1v) is 12.8. The first kappa shape index (κ1) is 23.2. The topological polar surface area (TPSA) is 92.3 Å². The Bertz CT molecular complexity index is 1220. The standard InChI is InChI=1S/C26H37N7O/c1-3-4-9-28-26-29-16-23-21-8-5-18(17-32-12-10-31(2)11-13-32)14-22(21)25(34)33(24(23)30-26)20-7-6-19(27)15-20/h5,8,14,16,19-20H,3-4,6-7,9-13,15,17,27H2,1-2H3,(H,28,29,30)/t19-,20-/m0/s1. The molecule has 2 atom stereocenters. The number of hydrogen-bond donors (Lipinski definition) is 2. The zero-order valence-corrected chi connectivity index (χ0v) is 20.5. The second-order valence-corrected chi connectivity index (χ2v) is 10.1. The molecule has 0 bridgehead atoms.